The zero-order valence-electron chi connectivity index (χ0n) is 11.3. The lowest BCUT2D eigenvalue weighted by Gasteiger charge is -2.36. The standard InChI is InChI=1S/C12H25N3O2S/c1-2-13-12-6-10-15(11-7-12)18(16,17)14-8-4-3-5-9-14/h12-13H,2-11H2,1H3. The van der Waals surface area contributed by atoms with Gasteiger partial charge in [-0.15, -0.1) is 0 Å². The molecule has 0 aromatic carbocycles. The Morgan fingerprint density at radius 2 is 1.56 bits per heavy atom. The van der Waals surface area contributed by atoms with Gasteiger partial charge in [-0.3, -0.25) is 0 Å². The first-order chi connectivity index (χ1) is 8.64. The summed E-state index contributed by atoms with van der Waals surface area (Å²) in [6, 6.07) is 0.489. The molecule has 0 spiro atoms. The lowest BCUT2D eigenvalue weighted by atomic mass is 10.1. The Morgan fingerprint density at radius 1 is 1.00 bits per heavy atom. The van der Waals surface area contributed by atoms with Crippen LogP contribution < -0.4 is 5.32 Å². The minimum atomic E-state index is -3.18. The molecule has 0 amide bonds. The minimum Gasteiger partial charge on any atom is -0.314 e. The second-order valence-corrected chi connectivity index (χ2v) is 7.13. The van der Waals surface area contributed by atoms with Crippen LogP contribution >= 0.6 is 0 Å². The highest BCUT2D eigenvalue weighted by atomic mass is 32.2. The zero-order chi connectivity index (χ0) is 13.0. The van der Waals surface area contributed by atoms with Gasteiger partial charge in [0.1, 0.15) is 0 Å². The van der Waals surface area contributed by atoms with E-state index in [-0.39, 0.29) is 0 Å². The van der Waals surface area contributed by atoms with Crippen molar-refractivity contribution in [2.24, 2.45) is 0 Å². The summed E-state index contributed by atoms with van der Waals surface area (Å²) in [5, 5.41) is 3.40. The van der Waals surface area contributed by atoms with Gasteiger partial charge in [0.2, 0.25) is 0 Å². The highest BCUT2D eigenvalue weighted by Crippen LogP contribution is 2.20. The van der Waals surface area contributed by atoms with Gasteiger partial charge >= 0.3 is 0 Å². The molecule has 0 radical (unpaired) electrons. The molecule has 0 unspecified atom stereocenters. The number of nitrogens with one attached hydrogen (secondary N) is 1. The average Bonchev–Trinajstić information content (AvgIpc) is 2.41. The highest BCUT2D eigenvalue weighted by molar-refractivity contribution is 7.86. The molecule has 0 aromatic rings. The predicted molar refractivity (Wildman–Crippen MR) is 72.6 cm³/mol. The molecule has 5 nitrogen and oxygen atoms in total. The molecule has 2 aliphatic heterocycles. The van der Waals surface area contributed by atoms with Gasteiger partial charge in [-0.2, -0.15) is 17.0 Å². The molecule has 2 rings (SSSR count). The number of nitrogens with zero attached hydrogens (tertiary/aromatic N) is 2. The Balaban J connectivity index is 1.91. The van der Waals surface area contributed by atoms with Crippen LogP contribution in [0, 0.1) is 0 Å². The van der Waals surface area contributed by atoms with E-state index in [1.54, 1.807) is 8.61 Å². The smallest absolute Gasteiger partial charge is 0.281 e. The number of rotatable bonds is 4. The Labute approximate surface area is 111 Å². The van der Waals surface area contributed by atoms with Crippen LogP contribution in [-0.4, -0.2) is 55.8 Å². The normalized spacial score (nSPS) is 25.4. The quantitative estimate of drug-likeness (QED) is 0.825. The van der Waals surface area contributed by atoms with Crippen molar-refractivity contribution in [1.82, 2.24) is 13.9 Å². The third-order valence-electron chi connectivity index (χ3n) is 3.91. The van der Waals surface area contributed by atoms with Gasteiger partial charge in [-0.1, -0.05) is 13.3 Å². The van der Waals surface area contributed by atoms with Crippen molar-refractivity contribution in [2.45, 2.75) is 45.1 Å². The predicted octanol–water partition coefficient (Wildman–Crippen LogP) is 0.791. The van der Waals surface area contributed by atoms with Crippen LogP contribution in [0.3, 0.4) is 0 Å². The fraction of sp³-hybridized carbons (Fsp3) is 1.00. The maximum atomic E-state index is 12.4. The fourth-order valence-corrected chi connectivity index (χ4v) is 4.56. The van der Waals surface area contributed by atoms with E-state index in [2.05, 4.69) is 12.2 Å². The van der Waals surface area contributed by atoms with Crippen molar-refractivity contribution >= 4 is 10.2 Å². The van der Waals surface area contributed by atoms with Gasteiger partial charge in [0.05, 0.1) is 0 Å². The molecule has 2 aliphatic rings. The first kappa shape index (κ1) is 14.2. The largest absolute Gasteiger partial charge is 0.314 e. The van der Waals surface area contributed by atoms with Gasteiger partial charge in [-0.05, 0) is 32.2 Å². The molecule has 1 N–H and O–H groups in total. The maximum Gasteiger partial charge on any atom is 0.281 e. The van der Waals surface area contributed by atoms with Gasteiger partial charge in [-0.25, -0.2) is 0 Å². The van der Waals surface area contributed by atoms with Crippen LogP contribution in [-0.2, 0) is 10.2 Å². The van der Waals surface area contributed by atoms with Crippen molar-refractivity contribution in [3.63, 3.8) is 0 Å². The third kappa shape index (κ3) is 3.23. The van der Waals surface area contributed by atoms with Gasteiger partial charge in [0.15, 0.2) is 0 Å². The van der Waals surface area contributed by atoms with Crippen molar-refractivity contribution in [1.29, 1.82) is 0 Å². The molecule has 0 aliphatic carbocycles. The minimum absolute atomic E-state index is 0.489. The molecule has 0 aromatic heterocycles. The van der Waals surface area contributed by atoms with E-state index in [0.29, 0.717) is 32.2 Å². The monoisotopic (exact) mass is 275 g/mol. The van der Waals surface area contributed by atoms with E-state index in [4.69, 9.17) is 0 Å². The lowest BCUT2D eigenvalue weighted by Crippen LogP contribution is -2.51. The fourth-order valence-electron chi connectivity index (χ4n) is 2.84. The molecule has 0 saturated carbocycles. The summed E-state index contributed by atoms with van der Waals surface area (Å²) in [5.41, 5.74) is 0. The summed E-state index contributed by atoms with van der Waals surface area (Å²) < 4.78 is 28.2. The van der Waals surface area contributed by atoms with Crippen LogP contribution in [0.4, 0.5) is 0 Å². The van der Waals surface area contributed by atoms with Crippen molar-refractivity contribution in [3.8, 4) is 0 Å². The highest BCUT2D eigenvalue weighted by Gasteiger charge is 2.33. The van der Waals surface area contributed by atoms with Crippen LogP contribution in [0.25, 0.3) is 0 Å². The van der Waals surface area contributed by atoms with Crippen molar-refractivity contribution in [2.75, 3.05) is 32.7 Å². The molecule has 0 bridgehead atoms. The SMILES string of the molecule is CCNC1CCN(S(=O)(=O)N2CCCCC2)CC1. The first-order valence-electron chi connectivity index (χ1n) is 7.13. The maximum absolute atomic E-state index is 12.4. The average molecular weight is 275 g/mol. The van der Waals surface area contributed by atoms with Crippen molar-refractivity contribution < 1.29 is 8.42 Å². The second kappa shape index (κ2) is 6.32. The Bertz CT molecular complexity index is 344. The van der Waals surface area contributed by atoms with Gasteiger partial charge < -0.3 is 5.32 Å². The first-order valence-corrected chi connectivity index (χ1v) is 8.53. The molecule has 2 saturated heterocycles. The number of hydrogen-bond acceptors (Lipinski definition) is 3. The lowest BCUT2D eigenvalue weighted by molar-refractivity contribution is 0.257. The molecule has 18 heavy (non-hydrogen) atoms. The number of piperidine rings is 2. The summed E-state index contributed by atoms with van der Waals surface area (Å²) in [6.07, 6.45) is 5.04. The molecular formula is C12H25N3O2S. The van der Waals surface area contributed by atoms with Crippen molar-refractivity contribution in [3.05, 3.63) is 0 Å². The second-order valence-electron chi connectivity index (χ2n) is 5.20. The summed E-state index contributed by atoms with van der Waals surface area (Å²) in [4.78, 5) is 0. The Kier molecular flexibility index (Phi) is 5.00. The topological polar surface area (TPSA) is 52.7 Å². The summed E-state index contributed by atoms with van der Waals surface area (Å²) >= 11 is 0. The molecule has 2 fully saturated rings. The Morgan fingerprint density at radius 3 is 2.11 bits per heavy atom. The van der Waals surface area contributed by atoms with E-state index in [0.717, 1.165) is 38.6 Å². The number of hydrogen-bond donors (Lipinski definition) is 1. The summed E-state index contributed by atoms with van der Waals surface area (Å²) in [7, 11) is -3.18. The molecule has 106 valence electrons. The van der Waals surface area contributed by atoms with E-state index in [1.807, 2.05) is 0 Å². The van der Waals surface area contributed by atoms with E-state index < -0.39 is 10.2 Å². The van der Waals surface area contributed by atoms with E-state index in [1.165, 1.54) is 0 Å². The molecule has 2 heterocycles. The van der Waals surface area contributed by atoms with E-state index in [9.17, 15) is 8.42 Å². The van der Waals surface area contributed by atoms with Crippen LogP contribution in [0.15, 0.2) is 0 Å². The molecular weight excluding hydrogens is 250 g/mol. The summed E-state index contributed by atoms with van der Waals surface area (Å²) in [6.45, 7) is 5.79. The Hall–Kier alpha value is -0.170. The van der Waals surface area contributed by atoms with Gasteiger partial charge in [0, 0.05) is 32.2 Å². The molecule has 0 atom stereocenters. The van der Waals surface area contributed by atoms with Crippen LogP contribution in [0.2, 0.25) is 0 Å². The van der Waals surface area contributed by atoms with Crippen LogP contribution in [0.5, 0.6) is 0 Å². The van der Waals surface area contributed by atoms with Gasteiger partial charge in [0.25, 0.3) is 10.2 Å². The molecule has 6 heteroatoms. The summed E-state index contributed by atoms with van der Waals surface area (Å²) in [5.74, 6) is 0. The third-order valence-corrected chi connectivity index (χ3v) is 5.95. The zero-order valence-corrected chi connectivity index (χ0v) is 12.1. The van der Waals surface area contributed by atoms with E-state index >= 15 is 0 Å². The van der Waals surface area contributed by atoms with Crippen LogP contribution in [0.1, 0.15) is 39.0 Å².